The van der Waals surface area contributed by atoms with Crippen LogP contribution in [0.4, 0.5) is 0 Å². The highest BCUT2D eigenvalue weighted by Gasteiger charge is 2.32. The topological polar surface area (TPSA) is 82.2 Å². The van der Waals surface area contributed by atoms with Gasteiger partial charge in [0.15, 0.2) is 0 Å². The van der Waals surface area contributed by atoms with E-state index < -0.39 is 5.97 Å². The zero-order chi connectivity index (χ0) is 32.4. The van der Waals surface area contributed by atoms with E-state index in [0.717, 1.165) is 35.8 Å². The Kier molecular flexibility index (Phi) is 9.01. The minimum atomic E-state index is -1.82. The molecule has 4 aromatic rings. The van der Waals surface area contributed by atoms with Crippen molar-refractivity contribution in [1.29, 1.82) is 0 Å². The molecule has 0 radical (unpaired) electrons. The van der Waals surface area contributed by atoms with Gasteiger partial charge >= 0.3 is 5.97 Å². The molecule has 2 atom stereocenters. The molecule has 1 N–H and O–H groups in total. The molecule has 2 fully saturated rings. The highest BCUT2D eigenvalue weighted by Crippen LogP contribution is 2.36. The summed E-state index contributed by atoms with van der Waals surface area (Å²) in [5, 5.41) is 11.3. The van der Waals surface area contributed by atoms with Crippen molar-refractivity contribution in [3.63, 3.8) is 0 Å². The van der Waals surface area contributed by atoms with Crippen LogP contribution in [0.2, 0.25) is 0 Å². The van der Waals surface area contributed by atoms with E-state index in [0.29, 0.717) is 24.7 Å². The van der Waals surface area contributed by atoms with Crippen LogP contribution < -0.4 is 18.9 Å². The maximum Gasteiger partial charge on any atom is 0.368 e. The van der Waals surface area contributed by atoms with Crippen molar-refractivity contribution < 1.29 is 33.5 Å². The zero-order valence-electron chi connectivity index (χ0n) is 27.3. The van der Waals surface area contributed by atoms with Gasteiger partial charge in [0.25, 0.3) is 0 Å². The molecular formula is C39H44O7. The maximum atomic E-state index is 11.3. The third-order valence-corrected chi connectivity index (χ3v) is 8.98. The molecule has 0 saturated carbocycles. The number of benzene rings is 4. The van der Waals surface area contributed by atoms with Crippen LogP contribution >= 0.6 is 0 Å². The second kappa shape index (κ2) is 13.0. The first-order chi connectivity index (χ1) is 22.0. The SMILES string of the molecule is CCC(O)(Oc1ccc(C(C)(C)c2ccc(OCC3CO3)cc2)cc1)Oc1ccc(C(C)(C)c2ccc(OCC3CO3)cc2)cc1. The van der Waals surface area contributed by atoms with Crippen molar-refractivity contribution in [2.75, 3.05) is 26.4 Å². The molecule has 2 unspecified atom stereocenters. The van der Waals surface area contributed by atoms with E-state index in [1.165, 1.54) is 11.1 Å². The van der Waals surface area contributed by atoms with Crippen LogP contribution in [0.15, 0.2) is 97.1 Å². The summed E-state index contributed by atoms with van der Waals surface area (Å²) in [7, 11) is 0. The molecule has 2 aliphatic rings. The van der Waals surface area contributed by atoms with E-state index in [9.17, 15) is 5.11 Å². The fourth-order valence-corrected chi connectivity index (χ4v) is 5.39. The summed E-state index contributed by atoms with van der Waals surface area (Å²) in [5.74, 6) is 0.894. The Bertz CT molecular complexity index is 1450. The van der Waals surface area contributed by atoms with Crippen LogP contribution in [0.3, 0.4) is 0 Å². The fourth-order valence-electron chi connectivity index (χ4n) is 5.39. The second-order valence-electron chi connectivity index (χ2n) is 13.2. The summed E-state index contributed by atoms with van der Waals surface area (Å²) in [6.45, 7) is 13.3. The molecule has 0 bridgehead atoms. The van der Waals surface area contributed by atoms with Crippen LogP contribution in [-0.2, 0) is 20.3 Å². The lowest BCUT2D eigenvalue weighted by atomic mass is 9.78. The van der Waals surface area contributed by atoms with Gasteiger partial charge in [-0.2, -0.15) is 0 Å². The van der Waals surface area contributed by atoms with Gasteiger partial charge in [-0.3, -0.25) is 0 Å². The first kappa shape index (κ1) is 31.9. The fraction of sp³-hybridized carbons (Fsp3) is 0.385. The van der Waals surface area contributed by atoms with Gasteiger partial charge < -0.3 is 33.5 Å². The van der Waals surface area contributed by atoms with Crippen LogP contribution in [0.5, 0.6) is 23.0 Å². The van der Waals surface area contributed by atoms with E-state index >= 15 is 0 Å². The molecule has 46 heavy (non-hydrogen) atoms. The minimum absolute atomic E-state index is 0.230. The van der Waals surface area contributed by atoms with Gasteiger partial charge in [-0.05, 0) is 70.8 Å². The van der Waals surface area contributed by atoms with E-state index in [2.05, 4.69) is 52.0 Å². The predicted octanol–water partition coefficient (Wildman–Crippen LogP) is 7.41. The van der Waals surface area contributed by atoms with Gasteiger partial charge in [0.1, 0.15) is 48.4 Å². The summed E-state index contributed by atoms with van der Waals surface area (Å²) in [4.78, 5) is 0. The minimum Gasteiger partial charge on any atom is -0.491 e. The molecule has 0 amide bonds. The molecule has 0 spiro atoms. The van der Waals surface area contributed by atoms with Gasteiger partial charge in [0.2, 0.25) is 0 Å². The van der Waals surface area contributed by atoms with E-state index in [1.54, 1.807) is 0 Å². The Morgan fingerprint density at radius 2 is 0.826 bits per heavy atom. The molecule has 2 heterocycles. The molecule has 7 heteroatoms. The smallest absolute Gasteiger partial charge is 0.368 e. The predicted molar refractivity (Wildman–Crippen MR) is 177 cm³/mol. The van der Waals surface area contributed by atoms with Crippen LogP contribution in [0.25, 0.3) is 0 Å². The highest BCUT2D eigenvalue weighted by atomic mass is 16.8. The maximum absolute atomic E-state index is 11.3. The Hall–Kier alpha value is -4.04. The summed E-state index contributed by atoms with van der Waals surface area (Å²) in [5.41, 5.74) is 4.09. The average Bonchev–Trinajstić information content (AvgIpc) is 4.00. The molecule has 242 valence electrons. The van der Waals surface area contributed by atoms with Gasteiger partial charge in [-0.1, -0.05) is 83.1 Å². The van der Waals surface area contributed by atoms with E-state index in [1.807, 2.05) is 79.7 Å². The summed E-state index contributed by atoms with van der Waals surface area (Å²) < 4.78 is 34.0. The largest absolute Gasteiger partial charge is 0.491 e. The van der Waals surface area contributed by atoms with Gasteiger partial charge in [0.05, 0.1) is 19.6 Å². The van der Waals surface area contributed by atoms with Gasteiger partial charge in [0, 0.05) is 10.8 Å². The number of rotatable bonds is 15. The number of epoxide rings is 2. The zero-order valence-corrected chi connectivity index (χ0v) is 27.3. The van der Waals surface area contributed by atoms with Crippen molar-refractivity contribution in [2.45, 2.75) is 70.1 Å². The normalized spacial score (nSPS) is 18.7. The third-order valence-electron chi connectivity index (χ3n) is 8.98. The second-order valence-corrected chi connectivity index (χ2v) is 13.2. The molecule has 2 aliphatic heterocycles. The lowest BCUT2D eigenvalue weighted by Gasteiger charge is -2.30. The monoisotopic (exact) mass is 624 g/mol. The quantitative estimate of drug-likeness (QED) is 0.109. The third kappa shape index (κ3) is 7.66. The molecule has 6 rings (SSSR count). The first-order valence-corrected chi connectivity index (χ1v) is 16.1. The molecule has 2 saturated heterocycles. The van der Waals surface area contributed by atoms with Crippen LogP contribution in [-0.4, -0.2) is 49.7 Å². The number of ether oxygens (including phenoxy) is 6. The summed E-state index contributed by atoms with van der Waals surface area (Å²) in [6.07, 6.45) is 0.693. The lowest BCUT2D eigenvalue weighted by Crippen LogP contribution is -2.41. The van der Waals surface area contributed by atoms with Crippen molar-refractivity contribution in [2.24, 2.45) is 0 Å². The van der Waals surface area contributed by atoms with Crippen molar-refractivity contribution >= 4 is 0 Å². The molecule has 0 aliphatic carbocycles. The number of hydrogen-bond donors (Lipinski definition) is 1. The number of hydrogen-bond acceptors (Lipinski definition) is 7. The lowest BCUT2D eigenvalue weighted by molar-refractivity contribution is -0.273. The summed E-state index contributed by atoms with van der Waals surface area (Å²) >= 11 is 0. The standard InChI is InChI=1S/C39H44O7/c1-6-39(40,45-33-19-11-29(12-20-33)37(2,3)27-7-15-31(16-8-27)41-23-35-25-43-35)46-34-21-13-30(14-22-34)38(4,5)28-9-17-32(18-10-28)42-24-36-26-44-36/h7-22,35-36,40H,6,23-26H2,1-5H3. The number of aliphatic hydroxyl groups is 1. The molecule has 7 nitrogen and oxygen atoms in total. The highest BCUT2D eigenvalue weighted by molar-refractivity contribution is 5.43. The van der Waals surface area contributed by atoms with Crippen molar-refractivity contribution in [1.82, 2.24) is 0 Å². The van der Waals surface area contributed by atoms with E-state index in [-0.39, 0.29) is 29.5 Å². The van der Waals surface area contributed by atoms with Crippen molar-refractivity contribution in [3.8, 4) is 23.0 Å². The van der Waals surface area contributed by atoms with Gasteiger partial charge in [-0.25, -0.2) is 0 Å². The Balaban J connectivity index is 1.07. The van der Waals surface area contributed by atoms with Crippen molar-refractivity contribution in [3.05, 3.63) is 119 Å². The van der Waals surface area contributed by atoms with Crippen LogP contribution in [0.1, 0.15) is 63.3 Å². The molecule has 0 aromatic heterocycles. The summed E-state index contributed by atoms with van der Waals surface area (Å²) in [6, 6.07) is 32.0. The van der Waals surface area contributed by atoms with E-state index in [4.69, 9.17) is 28.4 Å². The average molecular weight is 625 g/mol. The Morgan fingerprint density at radius 3 is 1.09 bits per heavy atom. The Labute approximate surface area is 272 Å². The molecule has 4 aromatic carbocycles. The van der Waals surface area contributed by atoms with Crippen LogP contribution in [0, 0.1) is 0 Å². The molecular weight excluding hydrogens is 580 g/mol. The first-order valence-electron chi connectivity index (χ1n) is 16.1. The Morgan fingerprint density at radius 1 is 0.543 bits per heavy atom. The van der Waals surface area contributed by atoms with Gasteiger partial charge in [-0.15, -0.1) is 0 Å².